The monoisotopic (exact) mass is 1060 g/mol. The quantitative estimate of drug-likeness (QED) is 0.103. The van der Waals surface area contributed by atoms with Crippen molar-refractivity contribution >= 4 is 28.9 Å². The van der Waals surface area contributed by atoms with Crippen LogP contribution < -0.4 is 5.43 Å². The molecule has 1 aromatic heterocycles. The van der Waals surface area contributed by atoms with E-state index in [2.05, 4.69) is 0 Å². The lowest BCUT2D eigenvalue weighted by Gasteiger charge is -2.49. The Morgan fingerprint density at radius 1 is 0.960 bits per heavy atom. The molecule has 0 unspecified atom stereocenters. The molecule has 18 atom stereocenters. The molecule has 3 aliphatic rings. The van der Waals surface area contributed by atoms with E-state index in [0.717, 1.165) is 12.0 Å². The molecular weight excluding hydrogens is 971 g/mol. The van der Waals surface area contributed by atoms with E-state index < -0.39 is 107 Å². The lowest BCUT2D eigenvalue weighted by atomic mass is 9.77. The third kappa shape index (κ3) is 14.8. The van der Waals surface area contributed by atoms with Crippen LogP contribution in [0.5, 0.6) is 0 Å². The highest BCUT2D eigenvalue weighted by Crippen LogP contribution is 2.41. The zero-order valence-electron chi connectivity index (χ0n) is 47.3. The third-order valence-electron chi connectivity index (χ3n) is 16.0. The van der Waals surface area contributed by atoms with Crippen molar-refractivity contribution in [2.24, 2.45) is 17.8 Å². The van der Waals surface area contributed by atoms with E-state index in [4.69, 9.17) is 37.9 Å². The van der Waals surface area contributed by atoms with Crippen LogP contribution >= 0.6 is 0 Å². The van der Waals surface area contributed by atoms with Crippen molar-refractivity contribution in [2.45, 2.75) is 205 Å². The van der Waals surface area contributed by atoms with Gasteiger partial charge in [-0.3, -0.25) is 9.59 Å². The highest BCUT2D eigenvalue weighted by Gasteiger charge is 2.53. The maximum absolute atomic E-state index is 14.6. The summed E-state index contributed by atoms with van der Waals surface area (Å²) in [4.78, 5) is 43.3. The fourth-order valence-electron chi connectivity index (χ4n) is 11.7. The molecule has 2 aromatic rings. The van der Waals surface area contributed by atoms with Gasteiger partial charge in [0.2, 0.25) is 5.43 Å². The van der Waals surface area contributed by atoms with Gasteiger partial charge < -0.3 is 77.8 Å². The van der Waals surface area contributed by atoms with Gasteiger partial charge in [-0.05, 0) is 119 Å². The Hall–Kier alpha value is -3.41. The summed E-state index contributed by atoms with van der Waals surface area (Å²) in [6.45, 7) is 21.5. The average Bonchev–Trinajstić information content (AvgIpc) is 3.34. The second-order valence-electron chi connectivity index (χ2n) is 22.6. The number of aromatic carboxylic acids is 1. The second kappa shape index (κ2) is 26.5. The topological polar surface area (TPSA) is 238 Å². The van der Waals surface area contributed by atoms with Gasteiger partial charge in [-0.15, -0.1) is 0 Å². The van der Waals surface area contributed by atoms with Crippen LogP contribution in [0.25, 0.3) is 17.0 Å². The number of esters is 1. The number of carbonyl (C=O) groups excluding carboxylic acids is 1. The Labute approximate surface area is 444 Å². The smallest absolute Gasteiger partial charge is 0.341 e. The SMILES string of the molecule is CCCn1cc(C(=O)O)c(=O)c2cc(/C=C/COCCO[C@H]3[C@H](C)O[C@@H](O[C@H]4[C@H](C)[C@@H](O[C@@H]5O[C@H](C)C[C@H](N(C)C)[C@H]5O)[C@](C)(O)C[C@@H](C)CN(C)[C@H](C)[C@@H](O)[C@](C)(O)[C@@H](CC)OC(=O)[C@@H]4C)C[C@@]3(C)OC)ccc21. The number of aryl methyl sites for hydroxylation is 1. The molecule has 1 aromatic carbocycles. The summed E-state index contributed by atoms with van der Waals surface area (Å²) in [7, 11) is 7.18. The van der Waals surface area contributed by atoms with Crippen LogP contribution in [0.2, 0.25) is 0 Å². The van der Waals surface area contributed by atoms with Gasteiger partial charge in [0.1, 0.15) is 35.6 Å². The van der Waals surface area contributed by atoms with Crippen molar-refractivity contribution in [3.63, 3.8) is 0 Å². The van der Waals surface area contributed by atoms with Crippen LogP contribution in [0, 0.1) is 17.8 Å². The Morgan fingerprint density at radius 3 is 2.28 bits per heavy atom. The van der Waals surface area contributed by atoms with Crippen LogP contribution in [0.4, 0.5) is 0 Å². The zero-order chi connectivity index (χ0) is 55.9. The van der Waals surface area contributed by atoms with Crippen LogP contribution in [-0.2, 0) is 49.2 Å². The number of aliphatic hydroxyl groups is 4. The summed E-state index contributed by atoms with van der Waals surface area (Å²) >= 11 is 0. The molecule has 19 nitrogen and oxygen atoms in total. The number of aromatic nitrogens is 1. The number of likely N-dealkylation sites (N-methyl/N-ethyl adjacent to an activating group) is 2. The van der Waals surface area contributed by atoms with E-state index in [1.807, 2.05) is 90.7 Å². The number of methoxy groups -OCH3 is 1. The summed E-state index contributed by atoms with van der Waals surface area (Å²) in [6.07, 6.45) is -2.37. The molecule has 3 aliphatic heterocycles. The van der Waals surface area contributed by atoms with Gasteiger partial charge in [0.05, 0.1) is 66.9 Å². The van der Waals surface area contributed by atoms with Gasteiger partial charge in [0.15, 0.2) is 12.6 Å². The minimum absolute atomic E-state index is 0.157. The lowest BCUT2D eigenvalue weighted by molar-refractivity contribution is -0.321. The molecular formula is C56H91N3O16. The largest absolute Gasteiger partial charge is 0.477 e. The highest BCUT2D eigenvalue weighted by atomic mass is 16.7. The summed E-state index contributed by atoms with van der Waals surface area (Å²) in [5.74, 6) is -4.01. The van der Waals surface area contributed by atoms with E-state index in [9.17, 15) is 39.9 Å². The molecule has 426 valence electrons. The minimum atomic E-state index is -1.84. The Bertz CT molecular complexity index is 2270. The third-order valence-corrected chi connectivity index (χ3v) is 16.0. The number of cyclic esters (lactones) is 1. The molecule has 0 radical (unpaired) electrons. The number of ether oxygens (including phenoxy) is 8. The van der Waals surface area contributed by atoms with E-state index in [1.165, 1.54) is 13.1 Å². The van der Waals surface area contributed by atoms with Crippen LogP contribution in [0.15, 0.2) is 35.3 Å². The summed E-state index contributed by atoms with van der Waals surface area (Å²) in [5, 5.41) is 58.1. The summed E-state index contributed by atoms with van der Waals surface area (Å²) in [6, 6.07) is 4.50. The van der Waals surface area contributed by atoms with Gasteiger partial charge >= 0.3 is 11.9 Å². The van der Waals surface area contributed by atoms with Gasteiger partial charge in [-0.25, -0.2) is 4.79 Å². The van der Waals surface area contributed by atoms with Gasteiger partial charge in [0, 0.05) is 56.2 Å². The van der Waals surface area contributed by atoms with Gasteiger partial charge in [-0.2, -0.15) is 0 Å². The number of carbonyl (C=O) groups is 2. The second-order valence-corrected chi connectivity index (χ2v) is 22.6. The van der Waals surface area contributed by atoms with Crippen LogP contribution in [0.3, 0.4) is 0 Å². The first-order chi connectivity index (χ1) is 35.1. The summed E-state index contributed by atoms with van der Waals surface area (Å²) in [5.41, 5.74) is -3.84. The Kier molecular flexibility index (Phi) is 22.1. The van der Waals surface area contributed by atoms with Gasteiger partial charge in [-0.1, -0.05) is 45.9 Å². The standard InChI is InChI=1S/C56H91N3O16/c1-16-22-59-31-40(51(63)64)45(60)39-27-38(20-21-41(39)59)19-18-23-69-24-25-70-50-37(8)72-44(29-55(50,10)68-15)74-47-34(5)49(75-53-46(61)42(57(12)13)26-33(4)71-53)54(9,66)28-32(3)30-58(14)36(7)48(62)56(11,67)43(17-2)73-52(65)35(47)6/h18-21,27,31-37,42-44,46-50,53,61-62,66-67H,16-17,22-26,28-30H2,1-15H3,(H,63,64)/b19-18+/t32-,33-,34+,35-,36-,37+,42+,43-,44+,46-,47+,48-,49-,50+,53+,54-,55-,56-/m1/s1. The van der Waals surface area contributed by atoms with Crippen molar-refractivity contribution in [1.29, 1.82) is 0 Å². The molecule has 0 aliphatic carbocycles. The van der Waals surface area contributed by atoms with Crippen LogP contribution in [0.1, 0.15) is 124 Å². The molecule has 75 heavy (non-hydrogen) atoms. The van der Waals surface area contributed by atoms with E-state index in [1.54, 1.807) is 51.5 Å². The average molecular weight is 1060 g/mol. The van der Waals surface area contributed by atoms with Crippen molar-refractivity contribution in [3.05, 3.63) is 51.8 Å². The number of hydrogen-bond donors (Lipinski definition) is 5. The van der Waals surface area contributed by atoms with E-state index >= 15 is 0 Å². The molecule has 3 saturated heterocycles. The predicted molar refractivity (Wildman–Crippen MR) is 283 cm³/mol. The molecule has 5 rings (SSSR count). The van der Waals surface area contributed by atoms with Crippen molar-refractivity contribution in [3.8, 4) is 0 Å². The molecule has 4 heterocycles. The van der Waals surface area contributed by atoms with Crippen molar-refractivity contribution in [1.82, 2.24) is 14.4 Å². The first-order valence-electron chi connectivity index (χ1n) is 26.9. The number of rotatable bonds is 17. The maximum Gasteiger partial charge on any atom is 0.341 e. The molecule has 0 saturated carbocycles. The Balaban J connectivity index is 1.37. The molecule has 0 amide bonds. The molecule has 0 spiro atoms. The lowest BCUT2D eigenvalue weighted by Crippen LogP contribution is -2.61. The fraction of sp³-hybridized carbons (Fsp3) is 0.768. The number of carboxylic acid groups (broad SMARTS) is 1. The van der Waals surface area contributed by atoms with E-state index in [0.29, 0.717) is 30.4 Å². The number of benzene rings is 1. The Morgan fingerprint density at radius 2 is 1.65 bits per heavy atom. The number of nitrogens with zero attached hydrogens (tertiary/aromatic N) is 3. The molecule has 19 heteroatoms. The maximum atomic E-state index is 14.6. The number of pyridine rings is 1. The zero-order valence-corrected chi connectivity index (χ0v) is 47.3. The van der Waals surface area contributed by atoms with Gasteiger partial charge in [0.25, 0.3) is 0 Å². The summed E-state index contributed by atoms with van der Waals surface area (Å²) < 4.78 is 53.1. The van der Waals surface area contributed by atoms with E-state index in [-0.39, 0.29) is 62.7 Å². The fourth-order valence-corrected chi connectivity index (χ4v) is 11.7. The molecule has 5 N–H and O–H groups in total. The number of hydrogen-bond acceptors (Lipinski definition) is 17. The molecule has 0 bridgehead atoms. The predicted octanol–water partition coefficient (Wildman–Crippen LogP) is 5.08. The molecule has 3 fully saturated rings. The minimum Gasteiger partial charge on any atom is -0.477 e. The first-order valence-corrected chi connectivity index (χ1v) is 26.9. The normalized spacial score (nSPS) is 38.1. The van der Waals surface area contributed by atoms with Crippen molar-refractivity contribution < 1.29 is 73.0 Å². The van der Waals surface area contributed by atoms with Crippen molar-refractivity contribution in [2.75, 3.05) is 54.6 Å². The number of aliphatic hydroxyl groups excluding tert-OH is 2. The number of fused-ring (bicyclic) bond motifs is 1. The van der Waals surface area contributed by atoms with Crippen LogP contribution in [-0.4, -0.2) is 197 Å². The highest BCUT2D eigenvalue weighted by molar-refractivity contribution is 5.93. The first kappa shape index (κ1) is 62.4. The number of carboxylic acids is 1.